The molecule has 0 amide bonds. The van der Waals surface area contributed by atoms with Crippen LogP contribution in [-0.2, 0) is 0 Å². The van der Waals surface area contributed by atoms with Gasteiger partial charge in [0.2, 0.25) is 0 Å². The molecule has 0 saturated carbocycles. The van der Waals surface area contributed by atoms with Crippen LogP contribution in [0.2, 0.25) is 0 Å². The molecule has 0 aliphatic rings. The topological polar surface area (TPSA) is 56.7 Å². The van der Waals surface area contributed by atoms with Gasteiger partial charge in [0.15, 0.2) is 5.82 Å². The minimum absolute atomic E-state index is 0.542. The highest BCUT2D eigenvalue weighted by atomic mass is 15.3. The molecule has 0 bridgehead atoms. The molecule has 1 aromatic carbocycles. The first-order valence-electron chi connectivity index (χ1n) is 5.42. The van der Waals surface area contributed by atoms with Gasteiger partial charge in [0, 0.05) is 17.1 Å². The number of fused-ring (bicyclic) bond motifs is 1. The van der Waals surface area contributed by atoms with Gasteiger partial charge in [0.25, 0.3) is 0 Å². The van der Waals surface area contributed by atoms with Crippen molar-refractivity contribution in [2.24, 2.45) is 0 Å². The Morgan fingerprint density at radius 2 is 1.94 bits per heavy atom. The Labute approximate surface area is 98.7 Å². The van der Waals surface area contributed by atoms with E-state index in [1.54, 1.807) is 4.68 Å². The molecular weight excluding hydrogens is 212 g/mol. The summed E-state index contributed by atoms with van der Waals surface area (Å²) >= 11 is 0. The Bertz CT molecular complexity index is 665. The van der Waals surface area contributed by atoms with Crippen molar-refractivity contribution >= 4 is 16.7 Å². The van der Waals surface area contributed by atoms with Gasteiger partial charge in [-0.25, -0.2) is 9.67 Å². The normalized spacial score (nSPS) is 10.9. The van der Waals surface area contributed by atoms with E-state index in [9.17, 15) is 0 Å². The molecule has 0 radical (unpaired) electrons. The van der Waals surface area contributed by atoms with E-state index in [4.69, 9.17) is 5.73 Å². The van der Waals surface area contributed by atoms with Gasteiger partial charge in [-0.1, -0.05) is 18.2 Å². The summed E-state index contributed by atoms with van der Waals surface area (Å²) in [7, 11) is 0. The molecule has 2 heterocycles. The molecule has 0 atom stereocenters. The van der Waals surface area contributed by atoms with Crippen molar-refractivity contribution < 1.29 is 0 Å². The lowest BCUT2D eigenvalue weighted by atomic mass is 10.2. The standard InChI is InChI=1S/C13H12N4/c1-9-8-17(16-13(9)14)12-7-6-10-4-2-3-5-11(10)15-12/h2-8H,1H3,(H2,14,16). The van der Waals surface area contributed by atoms with E-state index in [1.807, 2.05) is 49.5 Å². The van der Waals surface area contributed by atoms with E-state index in [1.165, 1.54) is 0 Å². The first-order chi connectivity index (χ1) is 8.24. The summed E-state index contributed by atoms with van der Waals surface area (Å²) < 4.78 is 1.71. The summed E-state index contributed by atoms with van der Waals surface area (Å²) in [5, 5.41) is 5.34. The number of nitrogen functional groups attached to an aromatic ring is 1. The Kier molecular flexibility index (Phi) is 2.08. The molecule has 0 spiro atoms. The highest BCUT2D eigenvalue weighted by Gasteiger charge is 2.04. The van der Waals surface area contributed by atoms with Crippen LogP contribution >= 0.6 is 0 Å². The zero-order valence-corrected chi connectivity index (χ0v) is 9.46. The lowest BCUT2D eigenvalue weighted by molar-refractivity contribution is 0.857. The first kappa shape index (κ1) is 9.84. The SMILES string of the molecule is Cc1cn(-c2ccc3ccccc3n2)nc1N. The average Bonchev–Trinajstić information content (AvgIpc) is 2.69. The number of nitrogens with two attached hydrogens (primary N) is 1. The molecule has 0 unspecified atom stereocenters. The Balaban J connectivity index is 2.17. The zero-order valence-electron chi connectivity index (χ0n) is 9.46. The molecular formula is C13H12N4. The Morgan fingerprint density at radius 1 is 1.12 bits per heavy atom. The lowest BCUT2D eigenvalue weighted by Crippen LogP contribution is -1.99. The van der Waals surface area contributed by atoms with E-state index in [-0.39, 0.29) is 0 Å². The number of aromatic nitrogens is 3. The van der Waals surface area contributed by atoms with Crippen LogP contribution in [-0.4, -0.2) is 14.8 Å². The second-order valence-electron chi connectivity index (χ2n) is 4.00. The third kappa shape index (κ3) is 1.63. The number of pyridine rings is 1. The van der Waals surface area contributed by atoms with Gasteiger partial charge >= 0.3 is 0 Å². The van der Waals surface area contributed by atoms with Crippen LogP contribution in [0.25, 0.3) is 16.7 Å². The van der Waals surface area contributed by atoms with Gasteiger partial charge in [-0.05, 0) is 25.1 Å². The maximum Gasteiger partial charge on any atom is 0.154 e. The average molecular weight is 224 g/mol. The molecule has 0 aliphatic carbocycles. The van der Waals surface area contributed by atoms with Gasteiger partial charge in [-0.3, -0.25) is 0 Å². The number of hydrogen-bond donors (Lipinski definition) is 1. The second-order valence-corrected chi connectivity index (χ2v) is 4.00. The van der Waals surface area contributed by atoms with E-state index in [0.29, 0.717) is 5.82 Å². The van der Waals surface area contributed by atoms with Crippen molar-refractivity contribution in [3.63, 3.8) is 0 Å². The Hall–Kier alpha value is -2.36. The molecule has 17 heavy (non-hydrogen) atoms. The monoisotopic (exact) mass is 224 g/mol. The maximum atomic E-state index is 5.73. The summed E-state index contributed by atoms with van der Waals surface area (Å²) in [4.78, 5) is 4.54. The molecule has 0 saturated heterocycles. The number of hydrogen-bond acceptors (Lipinski definition) is 3. The number of aryl methyl sites for hydroxylation is 1. The Morgan fingerprint density at radius 3 is 2.71 bits per heavy atom. The maximum absolute atomic E-state index is 5.73. The lowest BCUT2D eigenvalue weighted by Gasteiger charge is -2.02. The van der Waals surface area contributed by atoms with Crippen molar-refractivity contribution in [3.05, 3.63) is 48.2 Å². The van der Waals surface area contributed by atoms with Crippen LogP contribution in [0.1, 0.15) is 5.56 Å². The van der Waals surface area contributed by atoms with Crippen LogP contribution in [0.4, 0.5) is 5.82 Å². The van der Waals surface area contributed by atoms with E-state index >= 15 is 0 Å². The summed E-state index contributed by atoms with van der Waals surface area (Å²) in [5.74, 6) is 1.32. The third-order valence-electron chi connectivity index (χ3n) is 2.75. The van der Waals surface area contributed by atoms with Crippen LogP contribution in [0.3, 0.4) is 0 Å². The van der Waals surface area contributed by atoms with E-state index in [0.717, 1.165) is 22.3 Å². The third-order valence-corrected chi connectivity index (χ3v) is 2.75. The van der Waals surface area contributed by atoms with Crippen molar-refractivity contribution in [3.8, 4) is 5.82 Å². The van der Waals surface area contributed by atoms with Crippen LogP contribution < -0.4 is 5.73 Å². The van der Waals surface area contributed by atoms with Crippen LogP contribution in [0, 0.1) is 6.92 Å². The van der Waals surface area contributed by atoms with Gasteiger partial charge in [0.1, 0.15) is 5.82 Å². The number of rotatable bonds is 1. The van der Waals surface area contributed by atoms with Crippen molar-refractivity contribution in [1.29, 1.82) is 0 Å². The fraction of sp³-hybridized carbons (Fsp3) is 0.0769. The molecule has 2 N–H and O–H groups in total. The summed E-state index contributed by atoms with van der Waals surface area (Å²) in [5.41, 5.74) is 7.64. The summed E-state index contributed by atoms with van der Waals surface area (Å²) in [6, 6.07) is 12.0. The minimum Gasteiger partial charge on any atom is -0.382 e. The molecule has 2 aromatic heterocycles. The van der Waals surface area contributed by atoms with Crippen molar-refractivity contribution in [2.75, 3.05) is 5.73 Å². The molecule has 84 valence electrons. The molecule has 4 nitrogen and oxygen atoms in total. The van der Waals surface area contributed by atoms with Crippen molar-refractivity contribution in [1.82, 2.24) is 14.8 Å². The highest BCUT2D eigenvalue weighted by molar-refractivity contribution is 5.79. The van der Waals surface area contributed by atoms with Gasteiger partial charge in [0.05, 0.1) is 5.52 Å². The van der Waals surface area contributed by atoms with E-state index < -0.39 is 0 Å². The van der Waals surface area contributed by atoms with Crippen LogP contribution in [0.15, 0.2) is 42.6 Å². The smallest absolute Gasteiger partial charge is 0.154 e. The quantitative estimate of drug-likeness (QED) is 0.690. The number of para-hydroxylation sites is 1. The predicted octanol–water partition coefficient (Wildman–Crippen LogP) is 2.31. The minimum atomic E-state index is 0.542. The molecule has 4 heteroatoms. The van der Waals surface area contributed by atoms with Gasteiger partial charge in [-0.15, -0.1) is 5.10 Å². The van der Waals surface area contributed by atoms with Crippen LogP contribution in [0.5, 0.6) is 0 Å². The number of nitrogens with zero attached hydrogens (tertiary/aromatic N) is 3. The predicted molar refractivity (Wildman–Crippen MR) is 68.0 cm³/mol. The summed E-state index contributed by atoms with van der Waals surface area (Å²) in [6.45, 7) is 1.93. The first-order valence-corrected chi connectivity index (χ1v) is 5.42. The van der Waals surface area contributed by atoms with E-state index in [2.05, 4.69) is 10.1 Å². The zero-order chi connectivity index (χ0) is 11.8. The molecule has 3 rings (SSSR count). The largest absolute Gasteiger partial charge is 0.382 e. The fourth-order valence-corrected chi connectivity index (χ4v) is 1.77. The van der Waals surface area contributed by atoms with Gasteiger partial charge < -0.3 is 5.73 Å². The van der Waals surface area contributed by atoms with Crippen molar-refractivity contribution in [2.45, 2.75) is 6.92 Å². The fourth-order valence-electron chi connectivity index (χ4n) is 1.77. The molecule has 3 aromatic rings. The summed E-state index contributed by atoms with van der Waals surface area (Å²) in [6.07, 6.45) is 1.88. The highest BCUT2D eigenvalue weighted by Crippen LogP contribution is 2.16. The molecule has 0 aliphatic heterocycles. The number of benzene rings is 1. The van der Waals surface area contributed by atoms with Gasteiger partial charge in [-0.2, -0.15) is 0 Å². The molecule has 0 fully saturated rings. The second kappa shape index (κ2) is 3.59. The number of anilines is 1.